The molecule has 3 aromatic carbocycles. The third-order valence-electron chi connectivity index (χ3n) is 4.92. The number of aromatic nitrogens is 2. The minimum absolute atomic E-state index is 0.104. The van der Waals surface area contributed by atoms with Gasteiger partial charge in [0.1, 0.15) is 6.61 Å². The van der Waals surface area contributed by atoms with E-state index in [1.165, 1.54) is 11.3 Å². The fourth-order valence-electron chi connectivity index (χ4n) is 3.46. The first-order valence-electron chi connectivity index (χ1n) is 9.60. The van der Waals surface area contributed by atoms with Crippen LogP contribution >= 0.6 is 22.9 Å². The highest BCUT2D eigenvalue weighted by atomic mass is 35.5. The van der Waals surface area contributed by atoms with Crippen LogP contribution in [0.25, 0.3) is 22.1 Å². The monoisotopic (exact) mass is 448 g/mol. The standard InChI is InChI=1S/C24H17ClN2O3S/c1-29-20-12-16(11-17(25)22(20)30-14-15-7-3-2-4-8-15)13-21-23(28)27-19-10-6-5-9-18(19)26-24(27)31-21/h2-13H,14H2,1H3. The number of halogens is 1. The Balaban J connectivity index is 1.53. The topological polar surface area (TPSA) is 52.8 Å². The van der Waals surface area contributed by atoms with Crippen LogP contribution in [0, 0.1) is 0 Å². The van der Waals surface area contributed by atoms with Crippen LogP contribution in [-0.4, -0.2) is 16.5 Å². The van der Waals surface area contributed by atoms with Crippen LogP contribution in [0.1, 0.15) is 11.1 Å². The van der Waals surface area contributed by atoms with Crippen molar-refractivity contribution in [2.24, 2.45) is 0 Å². The number of ether oxygens (including phenoxy) is 2. The SMILES string of the molecule is COc1cc(C=c2sc3nc4ccccc4n3c2=O)cc(Cl)c1OCc1ccccc1. The highest BCUT2D eigenvalue weighted by Gasteiger charge is 2.14. The maximum absolute atomic E-state index is 13.0. The normalized spacial score (nSPS) is 12.0. The van der Waals surface area contributed by atoms with Gasteiger partial charge in [-0.1, -0.05) is 65.4 Å². The smallest absolute Gasteiger partial charge is 0.274 e. The number of benzene rings is 3. The molecule has 5 nitrogen and oxygen atoms in total. The Morgan fingerprint density at radius 2 is 1.87 bits per heavy atom. The number of fused-ring (bicyclic) bond motifs is 3. The Morgan fingerprint density at radius 3 is 2.68 bits per heavy atom. The van der Waals surface area contributed by atoms with Gasteiger partial charge in [-0.25, -0.2) is 9.38 Å². The van der Waals surface area contributed by atoms with Gasteiger partial charge in [0.15, 0.2) is 16.5 Å². The lowest BCUT2D eigenvalue weighted by Gasteiger charge is -2.13. The van der Waals surface area contributed by atoms with Crippen LogP contribution in [0.4, 0.5) is 0 Å². The van der Waals surface area contributed by atoms with E-state index in [1.54, 1.807) is 23.7 Å². The molecule has 0 bridgehead atoms. The van der Waals surface area contributed by atoms with E-state index in [1.807, 2.05) is 60.7 Å². The van der Waals surface area contributed by atoms with Gasteiger partial charge in [-0.2, -0.15) is 0 Å². The highest BCUT2D eigenvalue weighted by molar-refractivity contribution is 7.15. The van der Waals surface area contributed by atoms with Crippen molar-refractivity contribution in [1.29, 1.82) is 0 Å². The number of nitrogens with zero attached hydrogens (tertiary/aromatic N) is 2. The van der Waals surface area contributed by atoms with Gasteiger partial charge in [0.05, 0.1) is 27.7 Å². The van der Waals surface area contributed by atoms with Gasteiger partial charge < -0.3 is 9.47 Å². The molecule has 0 aliphatic heterocycles. The van der Waals surface area contributed by atoms with Crippen molar-refractivity contribution in [2.45, 2.75) is 6.61 Å². The Labute approximate surface area is 186 Å². The minimum Gasteiger partial charge on any atom is -0.493 e. The van der Waals surface area contributed by atoms with Gasteiger partial charge in [-0.05, 0) is 41.5 Å². The van der Waals surface area contributed by atoms with E-state index in [-0.39, 0.29) is 5.56 Å². The van der Waals surface area contributed by atoms with E-state index in [9.17, 15) is 4.79 Å². The fraction of sp³-hybridized carbons (Fsp3) is 0.0833. The second kappa shape index (κ2) is 8.06. The fourth-order valence-corrected chi connectivity index (χ4v) is 4.72. The molecule has 0 fully saturated rings. The van der Waals surface area contributed by atoms with Gasteiger partial charge in [-0.15, -0.1) is 0 Å². The van der Waals surface area contributed by atoms with E-state index in [0.717, 1.165) is 22.2 Å². The van der Waals surface area contributed by atoms with Crippen LogP contribution < -0.4 is 19.6 Å². The predicted octanol–water partition coefficient (Wildman–Crippen LogP) is 4.70. The first-order chi connectivity index (χ1) is 15.1. The summed E-state index contributed by atoms with van der Waals surface area (Å²) in [4.78, 5) is 18.2. The summed E-state index contributed by atoms with van der Waals surface area (Å²) >= 11 is 7.85. The molecule has 5 aromatic rings. The first kappa shape index (κ1) is 19.6. The Hall–Kier alpha value is -3.35. The molecule has 0 saturated heterocycles. The molecular formula is C24H17ClN2O3S. The van der Waals surface area contributed by atoms with E-state index in [2.05, 4.69) is 4.98 Å². The van der Waals surface area contributed by atoms with Crippen molar-refractivity contribution in [3.63, 3.8) is 0 Å². The third-order valence-corrected chi connectivity index (χ3v) is 6.17. The second-order valence-electron chi connectivity index (χ2n) is 6.94. The lowest BCUT2D eigenvalue weighted by atomic mass is 10.2. The molecular weight excluding hydrogens is 432 g/mol. The van der Waals surface area contributed by atoms with Crippen LogP contribution in [0.3, 0.4) is 0 Å². The summed E-state index contributed by atoms with van der Waals surface area (Å²) in [6.07, 6.45) is 1.80. The molecule has 154 valence electrons. The van der Waals surface area contributed by atoms with Crippen molar-refractivity contribution in [3.05, 3.63) is 97.8 Å². The largest absolute Gasteiger partial charge is 0.493 e. The molecule has 0 saturated carbocycles. The number of methoxy groups -OCH3 is 1. The zero-order valence-corrected chi connectivity index (χ0v) is 18.1. The number of rotatable bonds is 5. The van der Waals surface area contributed by atoms with Crippen LogP contribution in [0.5, 0.6) is 11.5 Å². The molecule has 0 unspecified atom stereocenters. The molecule has 0 radical (unpaired) electrons. The van der Waals surface area contributed by atoms with Crippen molar-refractivity contribution < 1.29 is 9.47 Å². The van der Waals surface area contributed by atoms with Crippen molar-refractivity contribution >= 4 is 45.0 Å². The minimum atomic E-state index is -0.104. The Bertz CT molecular complexity index is 1510. The summed E-state index contributed by atoms with van der Waals surface area (Å²) in [5.41, 5.74) is 3.29. The van der Waals surface area contributed by atoms with Crippen LogP contribution in [0.2, 0.25) is 5.02 Å². The summed E-state index contributed by atoms with van der Waals surface area (Å²) in [7, 11) is 1.56. The lowest BCUT2D eigenvalue weighted by molar-refractivity contribution is 0.284. The highest BCUT2D eigenvalue weighted by Crippen LogP contribution is 2.37. The maximum Gasteiger partial charge on any atom is 0.274 e. The number of hydrogen-bond donors (Lipinski definition) is 0. The summed E-state index contributed by atoms with van der Waals surface area (Å²) < 4.78 is 13.6. The summed E-state index contributed by atoms with van der Waals surface area (Å²) in [5.74, 6) is 0.980. The van der Waals surface area contributed by atoms with Gasteiger partial charge in [0, 0.05) is 0 Å². The Morgan fingerprint density at radius 1 is 1.10 bits per heavy atom. The molecule has 31 heavy (non-hydrogen) atoms. The zero-order valence-electron chi connectivity index (χ0n) is 16.5. The van der Waals surface area contributed by atoms with E-state index in [4.69, 9.17) is 21.1 Å². The number of hydrogen-bond acceptors (Lipinski definition) is 5. The summed E-state index contributed by atoms with van der Waals surface area (Å²) in [6.45, 7) is 0.375. The molecule has 2 aromatic heterocycles. The van der Waals surface area contributed by atoms with E-state index < -0.39 is 0 Å². The first-order valence-corrected chi connectivity index (χ1v) is 10.8. The third kappa shape index (κ3) is 3.65. The molecule has 0 atom stereocenters. The van der Waals surface area contributed by atoms with E-state index in [0.29, 0.717) is 32.6 Å². The van der Waals surface area contributed by atoms with Crippen LogP contribution in [0.15, 0.2) is 71.5 Å². The molecule has 0 amide bonds. The summed E-state index contributed by atoms with van der Waals surface area (Å²) in [6, 6.07) is 21.0. The molecule has 0 aliphatic rings. The molecule has 0 spiro atoms. The average molecular weight is 449 g/mol. The molecule has 5 rings (SSSR count). The van der Waals surface area contributed by atoms with E-state index >= 15 is 0 Å². The molecule has 0 aliphatic carbocycles. The number of imidazole rings is 1. The number of thiazole rings is 1. The maximum atomic E-state index is 13.0. The second-order valence-corrected chi connectivity index (χ2v) is 8.36. The molecule has 0 N–H and O–H groups in total. The predicted molar refractivity (Wildman–Crippen MR) is 124 cm³/mol. The molecule has 7 heteroatoms. The molecule has 2 heterocycles. The summed E-state index contributed by atoms with van der Waals surface area (Å²) in [5, 5.41) is 0.417. The van der Waals surface area contributed by atoms with Gasteiger partial charge >= 0.3 is 0 Å². The van der Waals surface area contributed by atoms with Crippen LogP contribution in [-0.2, 0) is 6.61 Å². The van der Waals surface area contributed by atoms with Gasteiger partial charge in [0.2, 0.25) is 0 Å². The van der Waals surface area contributed by atoms with Gasteiger partial charge in [-0.3, -0.25) is 4.79 Å². The quantitative estimate of drug-likeness (QED) is 0.391. The van der Waals surface area contributed by atoms with Crippen molar-refractivity contribution in [3.8, 4) is 11.5 Å². The van der Waals surface area contributed by atoms with Crippen molar-refractivity contribution in [2.75, 3.05) is 7.11 Å². The zero-order chi connectivity index (χ0) is 21.4. The lowest BCUT2D eigenvalue weighted by Crippen LogP contribution is -2.22. The number of para-hydroxylation sites is 2. The average Bonchev–Trinajstić information content (AvgIpc) is 3.29. The Kier molecular flexibility index (Phi) is 5.10. The van der Waals surface area contributed by atoms with Gasteiger partial charge in [0.25, 0.3) is 5.56 Å². The van der Waals surface area contributed by atoms with Crippen molar-refractivity contribution in [1.82, 2.24) is 9.38 Å².